The first-order valence-electron chi connectivity index (χ1n) is 7.03. The van der Waals surface area contributed by atoms with Crippen LogP contribution in [0.5, 0.6) is 11.5 Å². The highest BCUT2D eigenvalue weighted by Crippen LogP contribution is 2.33. The maximum Gasteiger partial charge on any atom is 0.255 e. The van der Waals surface area contributed by atoms with E-state index >= 15 is 0 Å². The van der Waals surface area contributed by atoms with E-state index in [9.17, 15) is 4.79 Å². The van der Waals surface area contributed by atoms with Gasteiger partial charge in [0, 0.05) is 30.7 Å². The van der Waals surface area contributed by atoms with E-state index in [1.54, 1.807) is 26.4 Å². The fraction of sp³-hybridized carbons (Fsp3) is 0.533. The molecule has 0 bridgehead atoms. The van der Waals surface area contributed by atoms with Crippen LogP contribution in [0.4, 0.5) is 0 Å². The molecule has 1 fully saturated rings. The summed E-state index contributed by atoms with van der Waals surface area (Å²) in [6, 6.07) is 3.51. The summed E-state index contributed by atoms with van der Waals surface area (Å²) in [6.07, 6.45) is 0. The zero-order valence-corrected chi connectivity index (χ0v) is 14.3. The van der Waals surface area contributed by atoms with Crippen LogP contribution in [0.25, 0.3) is 0 Å². The van der Waals surface area contributed by atoms with E-state index in [0.29, 0.717) is 17.1 Å². The summed E-state index contributed by atoms with van der Waals surface area (Å²) in [7, 11) is 3.15. The molecule has 0 saturated carbocycles. The molecule has 2 rings (SSSR count). The molecule has 1 aliphatic rings. The molecule has 0 radical (unpaired) electrons. The summed E-state index contributed by atoms with van der Waals surface area (Å²) >= 11 is 3.45. The highest BCUT2D eigenvalue weighted by Gasteiger charge is 2.24. The second-order valence-corrected chi connectivity index (χ2v) is 5.77. The van der Waals surface area contributed by atoms with Gasteiger partial charge in [0.2, 0.25) is 0 Å². The molecule has 1 aromatic carbocycles. The average Bonchev–Trinajstić information content (AvgIpc) is 2.54. The minimum absolute atomic E-state index is 0.0265. The van der Waals surface area contributed by atoms with Gasteiger partial charge >= 0.3 is 0 Å². The number of likely N-dealkylation sites (N-methyl/N-ethyl adjacent to an activating group) is 1. The number of nitrogens with zero attached hydrogens (tertiary/aromatic N) is 2. The zero-order chi connectivity index (χ0) is 15.4. The highest BCUT2D eigenvalue weighted by molar-refractivity contribution is 9.10. The van der Waals surface area contributed by atoms with Gasteiger partial charge in [-0.25, -0.2) is 0 Å². The van der Waals surface area contributed by atoms with Crippen molar-refractivity contribution in [1.29, 1.82) is 0 Å². The van der Waals surface area contributed by atoms with Crippen molar-refractivity contribution in [2.24, 2.45) is 0 Å². The lowest BCUT2D eigenvalue weighted by atomic mass is 10.1. The van der Waals surface area contributed by atoms with Gasteiger partial charge in [-0.3, -0.25) is 4.79 Å². The Morgan fingerprint density at radius 2 is 1.71 bits per heavy atom. The van der Waals surface area contributed by atoms with Crippen LogP contribution in [0, 0.1) is 0 Å². The van der Waals surface area contributed by atoms with E-state index in [0.717, 1.165) is 37.2 Å². The third-order valence-corrected chi connectivity index (χ3v) is 4.47. The summed E-state index contributed by atoms with van der Waals surface area (Å²) in [4.78, 5) is 16.9. The molecule has 116 valence electrons. The predicted octanol–water partition coefficient (Wildman–Crippen LogP) is 2.24. The van der Waals surface area contributed by atoms with E-state index < -0.39 is 0 Å². The molecule has 0 unspecified atom stereocenters. The first-order valence-corrected chi connectivity index (χ1v) is 7.83. The third-order valence-electron chi connectivity index (χ3n) is 3.81. The number of methoxy groups -OCH3 is 2. The molecule has 6 heteroatoms. The lowest BCUT2D eigenvalue weighted by Gasteiger charge is -2.34. The van der Waals surface area contributed by atoms with Gasteiger partial charge in [0.1, 0.15) is 0 Å². The molecule has 0 spiro atoms. The molecular formula is C15H21BrN2O3. The number of halogens is 1. The minimum atomic E-state index is 0.0265. The molecule has 1 amide bonds. The van der Waals surface area contributed by atoms with Gasteiger partial charge in [-0.1, -0.05) is 6.92 Å². The van der Waals surface area contributed by atoms with E-state index in [4.69, 9.17) is 9.47 Å². The van der Waals surface area contributed by atoms with E-state index in [1.165, 1.54) is 0 Å². The second kappa shape index (κ2) is 7.13. The number of carbonyl (C=O) groups excluding carboxylic acids is 1. The SMILES string of the molecule is CCN1CCN(C(=O)c2cc(OC)c(OC)cc2Br)CC1. The van der Waals surface area contributed by atoms with Crippen LogP contribution in [0.1, 0.15) is 17.3 Å². The van der Waals surface area contributed by atoms with Crippen molar-refractivity contribution in [1.82, 2.24) is 9.80 Å². The fourth-order valence-corrected chi connectivity index (χ4v) is 2.95. The lowest BCUT2D eigenvalue weighted by Crippen LogP contribution is -2.48. The van der Waals surface area contributed by atoms with E-state index in [1.807, 2.05) is 4.90 Å². The molecule has 0 atom stereocenters. The van der Waals surface area contributed by atoms with Crippen LogP contribution < -0.4 is 9.47 Å². The molecule has 1 aromatic rings. The Balaban J connectivity index is 2.19. The summed E-state index contributed by atoms with van der Waals surface area (Å²) in [6.45, 7) is 6.53. The van der Waals surface area contributed by atoms with Gasteiger partial charge in [-0.05, 0) is 34.6 Å². The van der Waals surface area contributed by atoms with Gasteiger partial charge in [0.05, 0.1) is 19.8 Å². The maximum atomic E-state index is 12.7. The fourth-order valence-electron chi connectivity index (χ4n) is 2.46. The first-order chi connectivity index (χ1) is 10.1. The number of carbonyl (C=O) groups is 1. The third kappa shape index (κ3) is 3.49. The highest BCUT2D eigenvalue weighted by atomic mass is 79.9. The summed E-state index contributed by atoms with van der Waals surface area (Å²) < 4.78 is 11.2. The van der Waals surface area contributed by atoms with Crippen molar-refractivity contribution in [2.75, 3.05) is 46.9 Å². The minimum Gasteiger partial charge on any atom is -0.493 e. The van der Waals surface area contributed by atoms with Crippen molar-refractivity contribution in [3.05, 3.63) is 22.2 Å². The monoisotopic (exact) mass is 356 g/mol. The summed E-state index contributed by atoms with van der Waals surface area (Å²) in [5.41, 5.74) is 0.609. The van der Waals surface area contributed by atoms with Crippen LogP contribution >= 0.6 is 15.9 Å². The van der Waals surface area contributed by atoms with Gasteiger partial charge in [0.25, 0.3) is 5.91 Å². The van der Waals surface area contributed by atoms with Crippen molar-refractivity contribution >= 4 is 21.8 Å². The van der Waals surface area contributed by atoms with E-state index in [2.05, 4.69) is 27.8 Å². The lowest BCUT2D eigenvalue weighted by molar-refractivity contribution is 0.0642. The maximum absolute atomic E-state index is 12.7. The van der Waals surface area contributed by atoms with Crippen molar-refractivity contribution in [3.8, 4) is 11.5 Å². The van der Waals surface area contributed by atoms with Crippen LogP contribution in [0.3, 0.4) is 0 Å². The van der Waals surface area contributed by atoms with Crippen LogP contribution in [-0.4, -0.2) is 62.7 Å². The number of hydrogen-bond donors (Lipinski definition) is 0. The molecule has 1 heterocycles. The Hall–Kier alpha value is -1.27. The number of amides is 1. The molecule has 5 nitrogen and oxygen atoms in total. The number of piperazine rings is 1. The second-order valence-electron chi connectivity index (χ2n) is 4.91. The number of benzene rings is 1. The number of hydrogen-bond acceptors (Lipinski definition) is 4. The Labute approximate surface area is 133 Å². The Bertz CT molecular complexity index is 514. The van der Waals surface area contributed by atoms with Gasteiger partial charge < -0.3 is 19.3 Å². The molecule has 0 N–H and O–H groups in total. The quantitative estimate of drug-likeness (QED) is 0.829. The van der Waals surface area contributed by atoms with Gasteiger partial charge in [-0.2, -0.15) is 0 Å². The molecule has 0 aliphatic carbocycles. The Morgan fingerprint density at radius 1 is 1.14 bits per heavy atom. The topological polar surface area (TPSA) is 42.0 Å². The normalized spacial score (nSPS) is 15.9. The van der Waals surface area contributed by atoms with Crippen LogP contribution in [0.2, 0.25) is 0 Å². The van der Waals surface area contributed by atoms with Crippen molar-refractivity contribution in [3.63, 3.8) is 0 Å². The van der Waals surface area contributed by atoms with Gasteiger partial charge in [-0.15, -0.1) is 0 Å². The van der Waals surface area contributed by atoms with Crippen LogP contribution in [-0.2, 0) is 0 Å². The first kappa shape index (κ1) is 16.1. The number of rotatable bonds is 4. The van der Waals surface area contributed by atoms with Crippen molar-refractivity contribution < 1.29 is 14.3 Å². The Morgan fingerprint density at radius 3 is 2.24 bits per heavy atom. The predicted molar refractivity (Wildman–Crippen MR) is 85.3 cm³/mol. The Kier molecular flexibility index (Phi) is 5.47. The largest absolute Gasteiger partial charge is 0.493 e. The molecule has 21 heavy (non-hydrogen) atoms. The standard InChI is InChI=1S/C15H21BrN2O3/c1-4-17-5-7-18(8-6-17)15(19)11-9-13(20-2)14(21-3)10-12(11)16/h9-10H,4-8H2,1-3H3. The van der Waals surface area contributed by atoms with Crippen molar-refractivity contribution in [2.45, 2.75) is 6.92 Å². The number of ether oxygens (including phenoxy) is 2. The molecular weight excluding hydrogens is 336 g/mol. The average molecular weight is 357 g/mol. The molecule has 1 aliphatic heterocycles. The molecule has 1 saturated heterocycles. The smallest absolute Gasteiger partial charge is 0.255 e. The molecule has 0 aromatic heterocycles. The van der Waals surface area contributed by atoms with Gasteiger partial charge in [0.15, 0.2) is 11.5 Å². The zero-order valence-electron chi connectivity index (χ0n) is 12.7. The van der Waals surface area contributed by atoms with Crippen LogP contribution in [0.15, 0.2) is 16.6 Å². The summed E-state index contributed by atoms with van der Waals surface area (Å²) in [5.74, 6) is 1.20. The van der Waals surface area contributed by atoms with E-state index in [-0.39, 0.29) is 5.91 Å². The summed E-state index contributed by atoms with van der Waals surface area (Å²) in [5, 5.41) is 0.